The van der Waals surface area contributed by atoms with Crippen LogP contribution in [0.2, 0.25) is 0 Å². The Morgan fingerprint density at radius 2 is 2.24 bits per heavy atom. The zero-order valence-corrected chi connectivity index (χ0v) is 12.3. The summed E-state index contributed by atoms with van der Waals surface area (Å²) in [4.78, 5) is 11.8. The average Bonchev–Trinajstić information content (AvgIpc) is 2.79. The van der Waals surface area contributed by atoms with Gasteiger partial charge in [0.05, 0.1) is 22.8 Å². The van der Waals surface area contributed by atoms with Gasteiger partial charge in [0.1, 0.15) is 11.8 Å². The second-order valence-electron chi connectivity index (χ2n) is 4.00. The molecule has 108 valence electrons. The second kappa shape index (κ2) is 5.46. The Morgan fingerprint density at radius 3 is 2.81 bits per heavy atom. The lowest BCUT2D eigenvalue weighted by molar-refractivity contribution is 0.0593. The molecule has 1 aromatic carbocycles. The van der Waals surface area contributed by atoms with E-state index in [2.05, 4.69) is 20.7 Å². The quantitative estimate of drug-likeness (QED) is 0.806. The van der Waals surface area contributed by atoms with Gasteiger partial charge < -0.3 is 20.1 Å². The van der Waals surface area contributed by atoms with Gasteiger partial charge in [-0.15, -0.1) is 0 Å². The molecule has 0 fully saturated rings. The monoisotopic (exact) mass is 353 g/mol. The number of aromatic nitrogens is 1. The number of carbonyl (C=O) groups is 1. The zero-order valence-electron chi connectivity index (χ0n) is 10.7. The summed E-state index contributed by atoms with van der Waals surface area (Å²) in [6, 6.07) is 4.20. The van der Waals surface area contributed by atoms with E-state index in [1.807, 2.05) is 0 Å². The first-order valence-electron chi connectivity index (χ1n) is 5.59. The molecule has 1 aromatic heterocycles. The first-order valence-corrected chi connectivity index (χ1v) is 6.38. The van der Waals surface area contributed by atoms with Crippen LogP contribution in [0, 0.1) is 17.1 Å². The van der Waals surface area contributed by atoms with Crippen molar-refractivity contribution in [1.82, 2.24) is 4.57 Å². The number of nitrogen functional groups attached to an aromatic ring is 1. The molecule has 0 spiro atoms. The number of aromatic hydroxyl groups is 1. The zero-order chi connectivity index (χ0) is 15.7. The molecule has 0 saturated carbocycles. The third kappa shape index (κ3) is 2.32. The SMILES string of the molecule is COC(=O)c1c(N)c(C#N)cn1-c1c(F)ccc(Br)c1O. The minimum atomic E-state index is -0.854. The van der Waals surface area contributed by atoms with Crippen LogP contribution in [0.4, 0.5) is 10.1 Å². The lowest BCUT2D eigenvalue weighted by Crippen LogP contribution is -2.12. The summed E-state index contributed by atoms with van der Waals surface area (Å²) < 4.78 is 19.8. The van der Waals surface area contributed by atoms with Gasteiger partial charge in [0.2, 0.25) is 0 Å². The largest absolute Gasteiger partial charge is 0.505 e. The van der Waals surface area contributed by atoms with E-state index in [0.29, 0.717) is 0 Å². The Labute approximate surface area is 127 Å². The number of nitrogens with zero attached hydrogens (tertiary/aromatic N) is 2. The van der Waals surface area contributed by atoms with Crippen LogP contribution in [0.5, 0.6) is 5.75 Å². The molecule has 0 aliphatic rings. The third-order valence-electron chi connectivity index (χ3n) is 2.84. The molecular weight excluding hydrogens is 345 g/mol. The van der Waals surface area contributed by atoms with Crippen LogP contribution in [-0.4, -0.2) is 22.8 Å². The first kappa shape index (κ1) is 14.9. The van der Waals surface area contributed by atoms with Crippen molar-refractivity contribution in [2.75, 3.05) is 12.8 Å². The van der Waals surface area contributed by atoms with Crippen LogP contribution in [-0.2, 0) is 4.74 Å². The smallest absolute Gasteiger partial charge is 0.357 e. The number of phenolic OH excluding ortho intramolecular Hbond substituents is 1. The number of methoxy groups -OCH3 is 1. The van der Waals surface area contributed by atoms with Gasteiger partial charge in [-0.25, -0.2) is 9.18 Å². The minimum Gasteiger partial charge on any atom is -0.505 e. The molecule has 0 bridgehead atoms. The lowest BCUT2D eigenvalue weighted by Gasteiger charge is -2.12. The van der Waals surface area contributed by atoms with Crippen molar-refractivity contribution in [3.63, 3.8) is 0 Å². The van der Waals surface area contributed by atoms with Crippen molar-refractivity contribution < 1.29 is 19.0 Å². The van der Waals surface area contributed by atoms with E-state index in [1.54, 1.807) is 6.07 Å². The van der Waals surface area contributed by atoms with Crippen LogP contribution in [0.25, 0.3) is 5.69 Å². The molecule has 6 nitrogen and oxygen atoms in total. The number of phenols is 1. The Bertz CT molecular complexity index is 780. The van der Waals surface area contributed by atoms with Crippen LogP contribution >= 0.6 is 15.9 Å². The van der Waals surface area contributed by atoms with E-state index in [1.165, 1.54) is 6.07 Å². The van der Waals surface area contributed by atoms with Gasteiger partial charge >= 0.3 is 5.97 Å². The van der Waals surface area contributed by atoms with Gasteiger partial charge in [-0.3, -0.25) is 0 Å². The van der Waals surface area contributed by atoms with E-state index in [-0.39, 0.29) is 27.1 Å². The minimum absolute atomic E-state index is 0.0332. The number of halogens is 2. The molecule has 1 heterocycles. The molecule has 0 radical (unpaired) electrons. The van der Waals surface area contributed by atoms with Crippen molar-refractivity contribution in [1.29, 1.82) is 5.26 Å². The summed E-state index contributed by atoms with van der Waals surface area (Å²) in [6.07, 6.45) is 1.16. The number of anilines is 1. The predicted octanol–water partition coefficient (Wildman–Crippen LogP) is 2.32. The summed E-state index contributed by atoms with van der Waals surface area (Å²) >= 11 is 3.06. The maximum absolute atomic E-state index is 14.0. The second-order valence-corrected chi connectivity index (χ2v) is 4.86. The van der Waals surface area contributed by atoms with Gasteiger partial charge in [0.25, 0.3) is 0 Å². The van der Waals surface area contributed by atoms with E-state index >= 15 is 0 Å². The molecule has 0 unspecified atom stereocenters. The first-order chi connectivity index (χ1) is 9.92. The van der Waals surface area contributed by atoms with Crippen molar-refractivity contribution in [3.05, 3.63) is 39.9 Å². The summed E-state index contributed by atoms with van der Waals surface area (Å²) in [5.41, 5.74) is 4.98. The van der Waals surface area contributed by atoms with E-state index in [0.717, 1.165) is 23.9 Å². The van der Waals surface area contributed by atoms with E-state index in [9.17, 15) is 14.3 Å². The third-order valence-corrected chi connectivity index (χ3v) is 3.48. The summed E-state index contributed by atoms with van der Waals surface area (Å²) in [7, 11) is 1.13. The van der Waals surface area contributed by atoms with Crippen LogP contribution < -0.4 is 5.73 Å². The predicted molar refractivity (Wildman–Crippen MR) is 75.6 cm³/mol. The lowest BCUT2D eigenvalue weighted by atomic mass is 10.2. The molecule has 0 aliphatic carbocycles. The number of esters is 1. The maximum atomic E-state index is 14.0. The van der Waals surface area contributed by atoms with Crippen molar-refractivity contribution in [3.8, 4) is 17.5 Å². The molecule has 8 heteroatoms. The number of benzene rings is 1. The number of ether oxygens (including phenoxy) is 1. The van der Waals surface area contributed by atoms with Crippen molar-refractivity contribution >= 4 is 27.6 Å². The summed E-state index contributed by atoms with van der Waals surface area (Å²) in [5.74, 6) is -2.08. The molecule has 0 saturated heterocycles. The number of nitriles is 1. The number of rotatable bonds is 2. The van der Waals surface area contributed by atoms with Crippen LogP contribution in [0.1, 0.15) is 16.1 Å². The fourth-order valence-corrected chi connectivity index (χ4v) is 2.17. The molecule has 3 N–H and O–H groups in total. The van der Waals surface area contributed by atoms with Gasteiger partial charge in [-0.1, -0.05) is 0 Å². The van der Waals surface area contributed by atoms with Crippen LogP contribution in [0.3, 0.4) is 0 Å². The summed E-state index contributed by atoms with van der Waals surface area (Å²) in [5, 5.41) is 19.0. The number of hydrogen-bond donors (Lipinski definition) is 2. The highest BCUT2D eigenvalue weighted by Crippen LogP contribution is 2.35. The van der Waals surface area contributed by atoms with Gasteiger partial charge in [0.15, 0.2) is 17.3 Å². The van der Waals surface area contributed by atoms with Crippen molar-refractivity contribution in [2.24, 2.45) is 0 Å². The molecular formula is C13H9BrFN3O3. The molecule has 21 heavy (non-hydrogen) atoms. The highest BCUT2D eigenvalue weighted by atomic mass is 79.9. The van der Waals surface area contributed by atoms with Gasteiger partial charge in [-0.05, 0) is 28.1 Å². The number of nitrogens with two attached hydrogens (primary N) is 1. The Hall–Kier alpha value is -2.53. The molecule has 2 aromatic rings. The Balaban J connectivity index is 2.85. The topological polar surface area (TPSA) is 101 Å². The van der Waals surface area contributed by atoms with Crippen LogP contribution in [0.15, 0.2) is 22.8 Å². The van der Waals surface area contributed by atoms with Gasteiger partial charge in [-0.2, -0.15) is 5.26 Å². The molecule has 0 aliphatic heterocycles. The normalized spacial score (nSPS) is 10.2. The number of carbonyl (C=O) groups excluding carboxylic acids is 1. The standard InChI is InChI=1S/C13H9BrFN3O3/c1-21-13(20)11-9(17)6(4-16)5-18(11)10-8(15)3-2-7(14)12(10)19/h2-3,5,19H,17H2,1H3. The molecule has 0 atom stereocenters. The summed E-state index contributed by atoms with van der Waals surface area (Å²) in [6.45, 7) is 0. The van der Waals surface area contributed by atoms with E-state index in [4.69, 9.17) is 11.0 Å². The van der Waals surface area contributed by atoms with E-state index < -0.39 is 17.5 Å². The fraction of sp³-hybridized carbons (Fsp3) is 0.0769. The number of hydrogen-bond acceptors (Lipinski definition) is 5. The average molecular weight is 354 g/mol. The van der Waals surface area contributed by atoms with Crippen molar-refractivity contribution in [2.45, 2.75) is 0 Å². The van der Waals surface area contributed by atoms with Gasteiger partial charge in [0, 0.05) is 6.20 Å². The molecule has 0 amide bonds. The fourth-order valence-electron chi connectivity index (χ4n) is 1.85. The Morgan fingerprint density at radius 1 is 1.57 bits per heavy atom. The maximum Gasteiger partial charge on any atom is 0.357 e. The Kier molecular flexibility index (Phi) is 3.86. The highest BCUT2D eigenvalue weighted by Gasteiger charge is 2.25. The molecule has 2 rings (SSSR count). The highest BCUT2D eigenvalue weighted by molar-refractivity contribution is 9.10.